The van der Waals surface area contributed by atoms with Crippen molar-refractivity contribution >= 4 is 291 Å². The van der Waals surface area contributed by atoms with Gasteiger partial charge in [0, 0.05) is 133 Å². The second-order valence-electron chi connectivity index (χ2n) is 21.3. The van der Waals surface area contributed by atoms with Gasteiger partial charge in [-0.3, -0.25) is 62.4 Å². The summed E-state index contributed by atoms with van der Waals surface area (Å²) in [5.74, 6) is -8.73. The van der Waals surface area contributed by atoms with Crippen LogP contribution in [0, 0.1) is 32.1 Å². The summed E-state index contributed by atoms with van der Waals surface area (Å²) >= 11 is 16.6. The fourth-order valence-electron chi connectivity index (χ4n) is 8.51. The molecule has 0 aliphatic heterocycles. The van der Waals surface area contributed by atoms with Crippen molar-refractivity contribution in [2.45, 2.75) is 39.1 Å². The maximum Gasteiger partial charge on any atom is 0.303 e. The monoisotopic (exact) mass is 2370 g/mol. The number of carbonyl (C=O) groups is 12. The van der Waals surface area contributed by atoms with E-state index in [-0.39, 0.29) is 141 Å². The molecule has 0 saturated heterocycles. The number of aliphatic hydroxyl groups is 6. The highest BCUT2D eigenvalue weighted by atomic mass is 127. The van der Waals surface area contributed by atoms with Crippen molar-refractivity contribution < 1.29 is 102 Å². The first kappa shape index (κ1) is 88.8. The number of anilines is 3. The number of hydrogen-bond acceptors (Lipinski definition) is 22. The highest BCUT2D eigenvalue weighted by molar-refractivity contribution is 14.1. The average molecular weight is 2370 g/mol. The lowest BCUT2D eigenvalue weighted by Gasteiger charge is -2.31. The van der Waals surface area contributed by atoms with E-state index in [0.717, 1.165) is 35.5 Å². The summed E-state index contributed by atoms with van der Waals surface area (Å²) in [5.41, 5.74) is -0.201. The molecule has 3 atom stereocenters. The number of nitrogens with zero attached hydrogens (tertiary/aromatic N) is 7. The van der Waals surface area contributed by atoms with Gasteiger partial charge in [0.25, 0.3) is 53.2 Å². The third-order valence-corrected chi connectivity index (χ3v) is 23.4. The Balaban J connectivity index is 2.30. The van der Waals surface area contributed by atoms with Gasteiger partial charge in [-0.15, -0.1) is 0 Å². The molecular weight excluding hydrogens is 2300 g/mol. The molecule has 97 heavy (non-hydrogen) atoms. The number of aliphatic hydroxyl groups excluding tert-OH is 6. The minimum atomic E-state index is -1.33. The van der Waals surface area contributed by atoms with Gasteiger partial charge in [-0.05, 0) is 203 Å². The molecule has 3 unspecified atom stereocenters. The Labute approximate surface area is 680 Å². The van der Waals surface area contributed by atoms with Crippen molar-refractivity contribution in [1.82, 2.24) is 34.3 Å². The summed E-state index contributed by atoms with van der Waals surface area (Å²) in [4.78, 5) is 172. The van der Waals surface area contributed by atoms with Gasteiger partial charge in [-0.1, -0.05) is 0 Å². The number of likely N-dealkylation sites (N-methyl/N-ethyl adjacent to an activating group) is 6. The quantitative estimate of drug-likeness (QED) is 0.0240. The van der Waals surface area contributed by atoms with Crippen molar-refractivity contribution in [2.24, 2.45) is 0 Å². The number of halogens is 9. The second-order valence-corrected chi connectivity index (χ2v) is 31.0. The number of nitrogens with one attached hydrogen (secondary N) is 3. The minimum absolute atomic E-state index is 0.00698. The molecule has 0 aliphatic carbocycles. The first-order chi connectivity index (χ1) is 45.2. The van der Waals surface area contributed by atoms with Gasteiger partial charge in [0.05, 0.1) is 110 Å². The van der Waals surface area contributed by atoms with E-state index in [4.69, 9.17) is 14.2 Å². The Bertz CT molecular complexity index is 3180. The van der Waals surface area contributed by atoms with Crippen LogP contribution in [0.25, 0.3) is 0 Å². The molecule has 0 fully saturated rings. The Morgan fingerprint density at radius 2 is 0.515 bits per heavy atom. The van der Waals surface area contributed by atoms with Gasteiger partial charge < -0.3 is 90.2 Å². The smallest absolute Gasteiger partial charge is 0.303 e. The van der Waals surface area contributed by atoms with Crippen LogP contribution < -0.4 is 16.0 Å². The zero-order valence-corrected chi connectivity index (χ0v) is 72.6. The zero-order valence-electron chi connectivity index (χ0n) is 53.2. The van der Waals surface area contributed by atoms with Gasteiger partial charge >= 0.3 is 17.9 Å². The Hall–Kier alpha value is -2.41. The van der Waals surface area contributed by atoms with E-state index in [2.05, 4.69) is 16.0 Å². The number of ether oxygens (including phenoxy) is 3. The lowest BCUT2D eigenvalue weighted by atomic mass is 10.1. The number of hydrogen-bond donors (Lipinski definition) is 9. The predicted molar refractivity (Wildman–Crippen MR) is 427 cm³/mol. The SMILES string of the molecule is CC(=O)OCC(=O)Nc1c(I)c(C(=O)N(C)CCN(CCN(C)C(=O)c2c(I)c(NC(=O)COC(C)=O)c(I)c(C(=O)N(C)CC(O)CO)c2I)CCN(C)C(=O)c2c(I)c(NC(=O)COC(C)=O)c(I)c(C(=O)N(C)CC(O)CO)c2I)c(I)c(C(=O)N(C)CC(O)CO)c1I. The highest BCUT2D eigenvalue weighted by Crippen LogP contribution is 2.40. The molecule has 3 rings (SSSR count). The van der Waals surface area contributed by atoms with Crippen LogP contribution >= 0.6 is 203 Å². The standard InChI is InChI=1S/C57H69I9N10O21/c1-25(80)95-22-31(86)67-49-43(61)34(40(58)37(46(49)64)55(92)73(7)16-28(83)19-77)52(89)70(4)10-13-76(14-11-71(5)53(90)35-41(59)38(56(93)74(8)17-29(84)20-78)47(65)50(44(35)62)68-32(87)23-96-26(2)81)15-12-72(6)54(91)36-42(60)39(57(94)75(9)18-30(85)21-79)48(66)51(45(36)63)69-33(88)24-97-27(3)82/h28-30,77-79,83-85H,10-24H2,1-9H3,(H,67,86)(H,68,87)(H,69,88). The maximum absolute atomic E-state index is 15.0. The predicted octanol–water partition coefficient (Wildman–Crippen LogP) is 2.83. The fourth-order valence-corrected chi connectivity index (χ4v) is 21.6. The van der Waals surface area contributed by atoms with Crippen molar-refractivity contribution in [2.75, 3.05) is 157 Å². The van der Waals surface area contributed by atoms with Gasteiger partial charge in [0.2, 0.25) is 0 Å². The van der Waals surface area contributed by atoms with Crippen LogP contribution in [0.15, 0.2) is 0 Å². The molecule has 9 N–H and O–H groups in total. The van der Waals surface area contributed by atoms with E-state index in [9.17, 15) is 73.8 Å². The van der Waals surface area contributed by atoms with Gasteiger partial charge in [-0.2, -0.15) is 0 Å². The number of carbonyl (C=O) groups excluding carboxylic acids is 12. The molecule has 9 amide bonds. The second kappa shape index (κ2) is 41.8. The molecule has 0 aromatic heterocycles. The van der Waals surface area contributed by atoms with Gasteiger partial charge in [0.15, 0.2) is 19.8 Å². The summed E-state index contributed by atoms with van der Waals surface area (Å²) < 4.78 is 16.3. The molecule has 536 valence electrons. The number of amides is 9. The van der Waals surface area contributed by atoms with Gasteiger partial charge in [-0.25, -0.2) is 0 Å². The van der Waals surface area contributed by atoms with E-state index in [1.165, 1.54) is 57.0 Å². The summed E-state index contributed by atoms with van der Waals surface area (Å²) in [6, 6.07) is 0. The molecule has 0 aliphatic rings. The molecule has 0 radical (unpaired) electrons. The van der Waals surface area contributed by atoms with Crippen molar-refractivity contribution in [3.05, 3.63) is 65.5 Å². The number of esters is 3. The van der Waals surface area contributed by atoms with Crippen LogP contribution in [0.4, 0.5) is 17.1 Å². The van der Waals surface area contributed by atoms with Crippen LogP contribution in [0.3, 0.4) is 0 Å². The Kier molecular flexibility index (Phi) is 38.2. The maximum atomic E-state index is 15.0. The highest BCUT2D eigenvalue weighted by Gasteiger charge is 2.36. The third kappa shape index (κ3) is 24.9. The van der Waals surface area contributed by atoms with Crippen molar-refractivity contribution in [1.29, 1.82) is 0 Å². The van der Waals surface area contributed by atoms with Crippen LogP contribution in [0.5, 0.6) is 0 Å². The largest absolute Gasteiger partial charge is 0.456 e. The number of rotatable bonds is 33. The molecule has 3 aromatic carbocycles. The Morgan fingerprint density at radius 1 is 0.330 bits per heavy atom. The van der Waals surface area contributed by atoms with E-state index in [1.54, 1.807) is 4.90 Å². The van der Waals surface area contributed by atoms with Gasteiger partial charge in [0.1, 0.15) is 0 Å². The first-order valence-corrected chi connectivity index (χ1v) is 37.9. The zero-order chi connectivity index (χ0) is 73.9. The molecule has 31 nitrogen and oxygen atoms in total. The fraction of sp³-hybridized carbons (Fsp3) is 0.474. The van der Waals surface area contributed by atoms with Crippen LogP contribution in [-0.2, 0) is 43.0 Å². The lowest BCUT2D eigenvalue weighted by Crippen LogP contribution is -2.44. The molecule has 0 spiro atoms. The molecular formula is C57H69I9N10O21. The summed E-state index contributed by atoms with van der Waals surface area (Å²) in [7, 11) is 8.50. The van der Waals surface area contributed by atoms with Crippen LogP contribution in [0.1, 0.15) is 82.9 Å². The Morgan fingerprint density at radius 3 is 0.691 bits per heavy atom. The van der Waals surface area contributed by atoms with Crippen LogP contribution in [0.2, 0.25) is 0 Å². The molecule has 0 saturated carbocycles. The van der Waals surface area contributed by atoms with E-state index >= 15 is 14.4 Å². The topological polar surface area (TPSA) is 413 Å². The molecule has 0 bridgehead atoms. The third-order valence-electron chi connectivity index (χ3n) is 13.7. The normalized spacial score (nSPS) is 12.0. The summed E-state index contributed by atoms with van der Waals surface area (Å²) in [6.07, 6.45) is -4.00. The van der Waals surface area contributed by atoms with Crippen LogP contribution in [-0.4, -0.2) is 295 Å². The average Bonchev–Trinajstić information content (AvgIpc) is 0.777. The molecule has 0 heterocycles. The lowest BCUT2D eigenvalue weighted by molar-refractivity contribution is -0.145. The van der Waals surface area contributed by atoms with Crippen molar-refractivity contribution in [3.63, 3.8) is 0 Å². The summed E-state index contributed by atoms with van der Waals surface area (Å²) in [6.45, 7) is -2.16. The van der Waals surface area contributed by atoms with Crippen molar-refractivity contribution in [3.8, 4) is 0 Å². The first-order valence-electron chi connectivity index (χ1n) is 28.2. The number of benzene rings is 3. The minimum Gasteiger partial charge on any atom is -0.456 e. The van der Waals surface area contributed by atoms with E-state index in [1.807, 2.05) is 203 Å². The van der Waals surface area contributed by atoms with E-state index < -0.39 is 129 Å². The molecule has 3 aromatic rings. The summed E-state index contributed by atoms with van der Waals surface area (Å²) in [5, 5.41) is 67.6. The van der Waals surface area contributed by atoms with E-state index in [0.29, 0.717) is 0 Å². The molecule has 40 heteroatoms.